The average molecular weight is 293 g/mol. The highest BCUT2D eigenvalue weighted by Crippen LogP contribution is 2.20. The first-order valence-corrected chi connectivity index (χ1v) is 7.39. The molecule has 0 saturated heterocycles. The second kappa shape index (κ2) is 6.39. The van der Waals surface area contributed by atoms with Gasteiger partial charge in [-0.1, -0.05) is 32.0 Å². The maximum absolute atomic E-state index is 4.73. The van der Waals surface area contributed by atoms with Crippen LogP contribution < -0.4 is 5.32 Å². The van der Waals surface area contributed by atoms with Gasteiger partial charge in [0.05, 0.1) is 11.4 Å². The monoisotopic (exact) mass is 293 g/mol. The van der Waals surface area contributed by atoms with Gasteiger partial charge in [-0.2, -0.15) is 5.10 Å². The Kier molecular flexibility index (Phi) is 4.14. The lowest BCUT2D eigenvalue weighted by Crippen LogP contribution is -2.05. The van der Waals surface area contributed by atoms with Crippen LogP contribution in [0, 0.1) is 0 Å². The van der Waals surface area contributed by atoms with Gasteiger partial charge in [0.25, 0.3) is 0 Å². The Balaban J connectivity index is 1.85. The lowest BCUT2D eigenvalue weighted by atomic mass is 10.1. The molecule has 112 valence electrons. The van der Waals surface area contributed by atoms with Gasteiger partial charge in [0, 0.05) is 30.7 Å². The molecule has 0 spiro atoms. The number of nitrogens with one attached hydrogen (secondary N) is 1. The van der Waals surface area contributed by atoms with Crippen LogP contribution in [0.5, 0.6) is 0 Å². The summed E-state index contributed by atoms with van der Waals surface area (Å²) in [6.07, 6.45) is 5.53. The van der Waals surface area contributed by atoms with Crippen LogP contribution in [0.3, 0.4) is 0 Å². The molecule has 1 N–H and O–H groups in total. The number of hydrogen-bond acceptors (Lipinski definition) is 4. The molecule has 0 unspecified atom stereocenters. The van der Waals surface area contributed by atoms with Crippen molar-refractivity contribution in [3.63, 3.8) is 0 Å². The van der Waals surface area contributed by atoms with Crippen LogP contribution in [0.15, 0.2) is 55.0 Å². The van der Waals surface area contributed by atoms with Crippen molar-refractivity contribution < 1.29 is 0 Å². The maximum atomic E-state index is 4.73. The molecule has 5 heteroatoms. The Morgan fingerprint density at radius 3 is 2.45 bits per heavy atom. The van der Waals surface area contributed by atoms with Gasteiger partial charge < -0.3 is 5.32 Å². The third-order valence-corrected chi connectivity index (χ3v) is 3.39. The highest BCUT2D eigenvalue weighted by Gasteiger charge is 2.13. The van der Waals surface area contributed by atoms with Gasteiger partial charge in [-0.05, 0) is 24.1 Å². The maximum Gasteiger partial charge on any atom is 0.222 e. The summed E-state index contributed by atoms with van der Waals surface area (Å²) in [6.45, 7) is 4.96. The van der Waals surface area contributed by atoms with Crippen LogP contribution in [0.4, 0.5) is 5.95 Å². The van der Waals surface area contributed by atoms with Crippen molar-refractivity contribution in [3.05, 3.63) is 66.2 Å². The van der Waals surface area contributed by atoms with E-state index < -0.39 is 0 Å². The minimum Gasteiger partial charge on any atom is -0.350 e. The zero-order chi connectivity index (χ0) is 15.4. The van der Waals surface area contributed by atoms with E-state index in [1.54, 1.807) is 18.5 Å². The van der Waals surface area contributed by atoms with Gasteiger partial charge in [-0.3, -0.25) is 0 Å². The molecule has 2 aromatic heterocycles. The second-order valence-electron chi connectivity index (χ2n) is 5.40. The summed E-state index contributed by atoms with van der Waals surface area (Å²) in [7, 11) is 0. The molecule has 0 radical (unpaired) electrons. The fourth-order valence-electron chi connectivity index (χ4n) is 2.32. The SMILES string of the molecule is CC(C)c1nn(-c2ccccc2)cc1CNc1ncccn1. The van der Waals surface area contributed by atoms with Crippen molar-refractivity contribution in [1.29, 1.82) is 0 Å². The summed E-state index contributed by atoms with van der Waals surface area (Å²) >= 11 is 0. The molecular weight excluding hydrogens is 274 g/mol. The minimum absolute atomic E-state index is 0.360. The van der Waals surface area contributed by atoms with E-state index in [1.807, 2.05) is 22.9 Å². The number of rotatable bonds is 5. The molecule has 0 bridgehead atoms. The molecule has 1 aromatic carbocycles. The third kappa shape index (κ3) is 3.14. The van der Waals surface area contributed by atoms with Crippen molar-refractivity contribution in [3.8, 4) is 5.69 Å². The van der Waals surface area contributed by atoms with Gasteiger partial charge >= 0.3 is 0 Å². The zero-order valence-electron chi connectivity index (χ0n) is 12.8. The van der Waals surface area contributed by atoms with Crippen LogP contribution in [0.2, 0.25) is 0 Å². The number of anilines is 1. The first-order chi connectivity index (χ1) is 10.7. The standard InChI is InChI=1S/C17H19N5/c1-13(2)16-14(11-20-17-18-9-6-10-19-17)12-22(21-16)15-7-4-3-5-8-15/h3-10,12-13H,11H2,1-2H3,(H,18,19,20). The average Bonchev–Trinajstić information content (AvgIpc) is 2.99. The van der Waals surface area contributed by atoms with E-state index >= 15 is 0 Å². The number of benzene rings is 1. The number of para-hydroxylation sites is 1. The van der Waals surface area contributed by atoms with Crippen molar-refractivity contribution >= 4 is 5.95 Å². The lowest BCUT2D eigenvalue weighted by molar-refractivity contribution is 0.763. The molecule has 2 heterocycles. The van der Waals surface area contributed by atoms with Crippen molar-refractivity contribution in [2.75, 3.05) is 5.32 Å². The van der Waals surface area contributed by atoms with E-state index in [0.717, 1.165) is 16.9 Å². The van der Waals surface area contributed by atoms with E-state index in [9.17, 15) is 0 Å². The predicted octanol–water partition coefficient (Wildman–Crippen LogP) is 3.40. The largest absolute Gasteiger partial charge is 0.350 e. The van der Waals surface area contributed by atoms with Crippen molar-refractivity contribution in [2.24, 2.45) is 0 Å². The van der Waals surface area contributed by atoms with Gasteiger partial charge in [0.1, 0.15) is 0 Å². The molecule has 0 aliphatic rings. The Hall–Kier alpha value is -2.69. The number of hydrogen-bond donors (Lipinski definition) is 1. The van der Waals surface area contributed by atoms with Crippen molar-refractivity contribution in [1.82, 2.24) is 19.7 Å². The van der Waals surface area contributed by atoms with Crippen LogP contribution in [-0.2, 0) is 6.54 Å². The fourth-order valence-corrected chi connectivity index (χ4v) is 2.32. The van der Waals surface area contributed by atoms with Gasteiger partial charge in [0.2, 0.25) is 5.95 Å². The van der Waals surface area contributed by atoms with Crippen LogP contribution in [-0.4, -0.2) is 19.7 Å². The third-order valence-electron chi connectivity index (χ3n) is 3.39. The lowest BCUT2D eigenvalue weighted by Gasteiger charge is -2.06. The molecule has 3 rings (SSSR count). The molecule has 0 atom stereocenters. The molecular formula is C17H19N5. The Morgan fingerprint density at radius 2 is 1.77 bits per heavy atom. The van der Waals surface area contributed by atoms with E-state index in [-0.39, 0.29) is 0 Å². The smallest absolute Gasteiger partial charge is 0.222 e. The molecule has 5 nitrogen and oxygen atoms in total. The highest BCUT2D eigenvalue weighted by molar-refractivity contribution is 5.35. The van der Waals surface area contributed by atoms with E-state index in [0.29, 0.717) is 18.4 Å². The molecule has 0 aliphatic heterocycles. The van der Waals surface area contributed by atoms with Gasteiger partial charge in [0.15, 0.2) is 0 Å². The minimum atomic E-state index is 0.360. The van der Waals surface area contributed by atoms with Crippen LogP contribution in [0.25, 0.3) is 5.69 Å². The summed E-state index contributed by atoms with van der Waals surface area (Å²) < 4.78 is 1.93. The summed E-state index contributed by atoms with van der Waals surface area (Å²) in [6, 6.07) is 11.9. The first kappa shape index (κ1) is 14.3. The van der Waals surface area contributed by atoms with E-state index in [2.05, 4.69) is 47.5 Å². The topological polar surface area (TPSA) is 55.6 Å². The van der Waals surface area contributed by atoms with E-state index in [4.69, 9.17) is 5.10 Å². The molecule has 3 aromatic rings. The summed E-state index contributed by atoms with van der Waals surface area (Å²) in [5, 5.41) is 7.97. The Labute approximate surface area is 130 Å². The Bertz CT molecular complexity index is 719. The highest BCUT2D eigenvalue weighted by atomic mass is 15.3. The van der Waals surface area contributed by atoms with Gasteiger partial charge in [-0.15, -0.1) is 0 Å². The second-order valence-corrected chi connectivity index (χ2v) is 5.40. The summed E-state index contributed by atoms with van der Waals surface area (Å²) in [5.74, 6) is 0.989. The first-order valence-electron chi connectivity index (χ1n) is 7.39. The molecule has 22 heavy (non-hydrogen) atoms. The zero-order valence-corrected chi connectivity index (χ0v) is 12.8. The normalized spacial score (nSPS) is 10.9. The number of nitrogens with zero attached hydrogens (tertiary/aromatic N) is 4. The van der Waals surface area contributed by atoms with Crippen molar-refractivity contribution in [2.45, 2.75) is 26.3 Å². The van der Waals surface area contributed by atoms with Crippen LogP contribution in [0.1, 0.15) is 31.0 Å². The fraction of sp³-hybridized carbons (Fsp3) is 0.235. The summed E-state index contributed by atoms with van der Waals surface area (Å²) in [5.41, 5.74) is 3.31. The molecule has 0 fully saturated rings. The molecule has 0 aliphatic carbocycles. The molecule has 0 saturated carbocycles. The number of aromatic nitrogens is 4. The van der Waals surface area contributed by atoms with Crippen LogP contribution >= 0.6 is 0 Å². The summed E-state index contributed by atoms with van der Waals surface area (Å²) in [4.78, 5) is 8.37. The Morgan fingerprint density at radius 1 is 1.05 bits per heavy atom. The van der Waals surface area contributed by atoms with Gasteiger partial charge in [-0.25, -0.2) is 14.6 Å². The molecule has 0 amide bonds. The predicted molar refractivity (Wildman–Crippen MR) is 87.0 cm³/mol. The van der Waals surface area contributed by atoms with E-state index in [1.165, 1.54) is 0 Å². The quantitative estimate of drug-likeness (QED) is 0.783.